The molecule has 2 rings (SSSR count). The Morgan fingerprint density at radius 1 is 1.20 bits per heavy atom. The Labute approximate surface area is 121 Å². The van der Waals surface area contributed by atoms with E-state index in [2.05, 4.69) is 5.32 Å². The zero-order valence-electron chi connectivity index (χ0n) is 10.8. The Bertz CT molecular complexity index is 685. The molecule has 0 spiro atoms. The number of nitrogens with two attached hydrogens (primary N) is 1. The molecule has 0 aromatic heterocycles. The average molecular weight is 288 g/mol. The second-order valence-corrected chi connectivity index (χ2v) is 4.77. The fourth-order valence-electron chi connectivity index (χ4n) is 1.82. The van der Waals surface area contributed by atoms with Crippen LogP contribution >= 0.6 is 12.2 Å². The van der Waals surface area contributed by atoms with Gasteiger partial charge < -0.3 is 11.1 Å². The molecule has 0 unspecified atom stereocenters. The van der Waals surface area contributed by atoms with Gasteiger partial charge in [-0.1, -0.05) is 30.4 Å². The summed E-state index contributed by atoms with van der Waals surface area (Å²) in [7, 11) is 0. The van der Waals surface area contributed by atoms with Gasteiger partial charge in [-0.25, -0.2) is 4.39 Å². The van der Waals surface area contributed by atoms with Gasteiger partial charge in [-0.15, -0.1) is 0 Å². The summed E-state index contributed by atoms with van der Waals surface area (Å²) in [5.41, 5.74) is 7.41. The molecule has 0 fully saturated rings. The highest BCUT2D eigenvalue weighted by atomic mass is 32.1. The minimum atomic E-state index is -0.508. The number of carbonyl (C=O) groups is 1. The summed E-state index contributed by atoms with van der Waals surface area (Å²) in [6, 6.07) is 11.3. The summed E-state index contributed by atoms with van der Waals surface area (Å²) in [6.07, 6.45) is 0. The van der Waals surface area contributed by atoms with Crippen LogP contribution < -0.4 is 11.1 Å². The summed E-state index contributed by atoms with van der Waals surface area (Å²) < 4.78 is 13.5. The van der Waals surface area contributed by atoms with E-state index >= 15 is 0 Å². The van der Waals surface area contributed by atoms with Crippen LogP contribution in [-0.4, -0.2) is 10.9 Å². The summed E-state index contributed by atoms with van der Waals surface area (Å²) >= 11 is 4.76. The van der Waals surface area contributed by atoms with Crippen molar-refractivity contribution in [2.75, 3.05) is 5.32 Å². The van der Waals surface area contributed by atoms with Gasteiger partial charge in [0.2, 0.25) is 0 Å². The predicted octanol–water partition coefficient (Wildman–Crippen LogP) is 3.02. The maximum absolute atomic E-state index is 13.5. The largest absolute Gasteiger partial charge is 0.389 e. The number of thiocarbonyl (C=S) groups is 1. The number of hydrogen-bond donors (Lipinski definition) is 2. The number of carbonyl (C=O) groups excluding carboxylic acids is 1. The monoisotopic (exact) mass is 288 g/mol. The molecule has 3 nitrogen and oxygen atoms in total. The van der Waals surface area contributed by atoms with Gasteiger partial charge in [-0.3, -0.25) is 4.79 Å². The molecule has 0 aliphatic rings. The summed E-state index contributed by atoms with van der Waals surface area (Å²) in [5, 5.41) is 2.70. The van der Waals surface area contributed by atoms with E-state index in [-0.39, 0.29) is 16.5 Å². The third-order valence-electron chi connectivity index (χ3n) is 2.88. The molecule has 0 bridgehead atoms. The third kappa shape index (κ3) is 3.00. The van der Waals surface area contributed by atoms with E-state index in [0.717, 1.165) is 5.56 Å². The van der Waals surface area contributed by atoms with E-state index < -0.39 is 5.82 Å². The van der Waals surface area contributed by atoms with Gasteiger partial charge in [-0.2, -0.15) is 0 Å². The first-order valence-corrected chi connectivity index (χ1v) is 6.36. The number of rotatable bonds is 3. The molecule has 2 aromatic carbocycles. The number of hydrogen-bond acceptors (Lipinski definition) is 2. The van der Waals surface area contributed by atoms with Crippen molar-refractivity contribution in [3.63, 3.8) is 0 Å². The van der Waals surface area contributed by atoms with Gasteiger partial charge in [-0.05, 0) is 36.8 Å². The van der Waals surface area contributed by atoms with Crippen LogP contribution in [0.1, 0.15) is 21.5 Å². The Balaban J connectivity index is 2.27. The van der Waals surface area contributed by atoms with E-state index in [1.165, 1.54) is 18.2 Å². The number of halogens is 1. The van der Waals surface area contributed by atoms with Crippen molar-refractivity contribution in [1.82, 2.24) is 0 Å². The van der Waals surface area contributed by atoms with Crippen LogP contribution in [-0.2, 0) is 0 Å². The number of amides is 1. The van der Waals surface area contributed by atoms with E-state index in [1.807, 2.05) is 19.1 Å². The van der Waals surface area contributed by atoms with Crippen LogP contribution in [0, 0.1) is 12.7 Å². The standard InChI is InChI=1S/C15H13FN2OS/c1-9-4-2-3-5-11(9)15(19)18-10-6-7-13(16)12(8-10)14(17)20/h2-8H,1H3,(H2,17,20)(H,18,19). The Morgan fingerprint density at radius 3 is 2.55 bits per heavy atom. The van der Waals surface area contributed by atoms with Crippen LogP contribution in [0.25, 0.3) is 0 Å². The highest BCUT2D eigenvalue weighted by Crippen LogP contribution is 2.16. The Hall–Kier alpha value is -2.27. The van der Waals surface area contributed by atoms with Crippen molar-refractivity contribution >= 4 is 28.8 Å². The summed E-state index contributed by atoms with van der Waals surface area (Å²) in [5.74, 6) is -0.769. The fraction of sp³-hybridized carbons (Fsp3) is 0.0667. The van der Waals surface area contributed by atoms with Gasteiger partial charge in [0, 0.05) is 16.8 Å². The number of anilines is 1. The van der Waals surface area contributed by atoms with Gasteiger partial charge in [0.05, 0.1) is 0 Å². The molecule has 102 valence electrons. The molecular formula is C15H13FN2OS. The van der Waals surface area contributed by atoms with E-state index in [4.69, 9.17) is 18.0 Å². The minimum absolute atomic E-state index is 0.0468. The van der Waals surface area contributed by atoms with E-state index in [9.17, 15) is 9.18 Å². The van der Waals surface area contributed by atoms with E-state index in [1.54, 1.807) is 12.1 Å². The van der Waals surface area contributed by atoms with Gasteiger partial charge in [0.1, 0.15) is 10.8 Å². The molecular weight excluding hydrogens is 275 g/mol. The van der Waals surface area contributed by atoms with Crippen LogP contribution in [0.5, 0.6) is 0 Å². The van der Waals surface area contributed by atoms with Gasteiger partial charge in [0.15, 0.2) is 0 Å². The van der Waals surface area contributed by atoms with Crippen LogP contribution in [0.4, 0.5) is 10.1 Å². The quantitative estimate of drug-likeness (QED) is 0.854. The average Bonchev–Trinajstić information content (AvgIpc) is 2.41. The lowest BCUT2D eigenvalue weighted by molar-refractivity contribution is 0.102. The smallest absolute Gasteiger partial charge is 0.255 e. The first-order valence-electron chi connectivity index (χ1n) is 5.95. The number of benzene rings is 2. The van der Waals surface area contributed by atoms with Crippen molar-refractivity contribution in [3.05, 3.63) is 65.0 Å². The molecule has 0 saturated heterocycles. The third-order valence-corrected chi connectivity index (χ3v) is 3.10. The first kappa shape index (κ1) is 14.1. The Kier molecular flexibility index (Phi) is 4.10. The van der Waals surface area contributed by atoms with Crippen molar-refractivity contribution < 1.29 is 9.18 Å². The topological polar surface area (TPSA) is 55.1 Å². The minimum Gasteiger partial charge on any atom is -0.389 e. The highest BCUT2D eigenvalue weighted by Gasteiger charge is 2.11. The van der Waals surface area contributed by atoms with Crippen LogP contribution in [0.15, 0.2) is 42.5 Å². The first-order chi connectivity index (χ1) is 9.49. The maximum Gasteiger partial charge on any atom is 0.255 e. The van der Waals surface area contributed by atoms with E-state index in [0.29, 0.717) is 11.3 Å². The van der Waals surface area contributed by atoms with Crippen LogP contribution in [0.2, 0.25) is 0 Å². The fourth-order valence-corrected chi connectivity index (χ4v) is 1.97. The molecule has 20 heavy (non-hydrogen) atoms. The van der Waals surface area contributed by atoms with Crippen molar-refractivity contribution in [1.29, 1.82) is 0 Å². The molecule has 1 amide bonds. The summed E-state index contributed by atoms with van der Waals surface area (Å²) in [6.45, 7) is 1.85. The normalized spacial score (nSPS) is 10.1. The molecule has 0 radical (unpaired) electrons. The lowest BCUT2D eigenvalue weighted by Gasteiger charge is -2.09. The number of nitrogens with one attached hydrogen (secondary N) is 1. The Morgan fingerprint density at radius 2 is 1.90 bits per heavy atom. The highest BCUT2D eigenvalue weighted by molar-refractivity contribution is 7.80. The second kappa shape index (κ2) is 5.79. The van der Waals surface area contributed by atoms with Gasteiger partial charge >= 0.3 is 0 Å². The predicted molar refractivity (Wildman–Crippen MR) is 81.4 cm³/mol. The van der Waals surface area contributed by atoms with Crippen LogP contribution in [0.3, 0.4) is 0 Å². The van der Waals surface area contributed by atoms with Gasteiger partial charge in [0.25, 0.3) is 5.91 Å². The molecule has 0 saturated carbocycles. The number of aryl methyl sites for hydroxylation is 1. The molecule has 0 heterocycles. The molecule has 0 atom stereocenters. The SMILES string of the molecule is Cc1ccccc1C(=O)Nc1ccc(F)c(C(N)=S)c1. The second-order valence-electron chi connectivity index (χ2n) is 4.33. The lowest BCUT2D eigenvalue weighted by atomic mass is 10.1. The molecule has 5 heteroatoms. The maximum atomic E-state index is 13.5. The molecule has 3 N–H and O–H groups in total. The molecule has 0 aliphatic carbocycles. The molecule has 0 aliphatic heterocycles. The molecule has 2 aromatic rings. The van der Waals surface area contributed by atoms with Crippen molar-refractivity contribution in [2.24, 2.45) is 5.73 Å². The zero-order valence-corrected chi connectivity index (χ0v) is 11.6. The van der Waals surface area contributed by atoms with Crippen molar-refractivity contribution in [3.8, 4) is 0 Å². The zero-order chi connectivity index (χ0) is 14.7. The lowest BCUT2D eigenvalue weighted by Crippen LogP contribution is -2.15. The summed E-state index contributed by atoms with van der Waals surface area (Å²) in [4.78, 5) is 12.1. The van der Waals surface area contributed by atoms with Crippen molar-refractivity contribution in [2.45, 2.75) is 6.92 Å².